The summed E-state index contributed by atoms with van der Waals surface area (Å²) in [6, 6.07) is 4.96. The lowest BCUT2D eigenvalue weighted by molar-refractivity contribution is -0.117. The lowest BCUT2D eigenvalue weighted by atomic mass is 9.79. The van der Waals surface area contributed by atoms with Crippen molar-refractivity contribution >= 4 is 24.5 Å². The van der Waals surface area contributed by atoms with Crippen molar-refractivity contribution in [2.75, 3.05) is 6.61 Å². The lowest BCUT2D eigenvalue weighted by Crippen LogP contribution is -2.28. The summed E-state index contributed by atoms with van der Waals surface area (Å²) in [6.45, 7) is 4.11. The average Bonchev–Trinajstić information content (AvgIpc) is 2.86. The van der Waals surface area contributed by atoms with Crippen LogP contribution in [-0.2, 0) is 20.8 Å². The molecule has 0 aromatic heterocycles. The SMILES string of the molecule is CC(=O)CCCC(C)COC(=O)Oc1ccc2c(c1)B(O)OC2. The molecule has 1 aliphatic heterocycles. The molecule has 1 aromatic rings. The Morgan fingerprint density at radius 3 is 2.96 bits per heavy atom. The molecule has 1 unspecified atom stereocenters. The van der Waals surface area contributed by atoms with Gasteiger partial charge in [-0.3, -0.25) is 0 Å². The molecule has 1 N–H and O–H groups in total. The molecule has 0 fully saturated rings. The van der Waals surface area contributed by atoms with E-state index in [1.165, 1.54) is 0 Å². The number of ether oxygens (including phenoxy) is 2. The number of hydrogen-bond donors (Lipinski definition) is 1. The number of benzene rings is 1. The summed E-state index contributed by atoms with van der Waals surface area (Å²) >= 11 is 0. The van der Waals surface area contributed by atoms with Crippen molar-refractivity contribution < 1.29 is 28.7 Å². The summed E-state index contributed by atoms with van der Waals surface area (Å²) in [6.07, 6.45) is 1.37. The van der Waals surface area contributed by atoms with Crippen molar-refractivity contribution in [1.29, 1.82) is 0 Å². The van der Waals surface area contributed by atoms with E-state index in [0.29, 0.717) is 24.2 Å². The van der Waals surface area contributed by atoms with Gasteiger partial charge in [-0.2, -0.15) is 0 Å². The topological polar surface area (TPSA) is 82.1 Å². The fraction of sp³-hybridized carbons (Fsp3) is 0.500. The van der Waals surface area contributed by atoms with Crippen LogP contribution < -0.4 is 10.2 Å². The number of ketones is 1. The van der Waals surface area contributed by atoms with Crippen molar-refractivity contribution in [1.82, 2.24) is 0 Å². The third-order valence-corrected chi connectivity index (χ3v) is 3.69. The number of rotatable bonds is 7. The van der Waals surface area contributed by atoms with Crippen LogP contribution >= 0.6 is 0 Å². The van der Waals surface area contributed by atoms with Gasteiger partial charge in [0.1, 0.15) is 11.5 Å². The maximum atomic E-state index is 11.7. The van der Waals surface area contributed by atoms with Gasteiger partial charge >= 0.3 is 13.3 Å². The van der Waals surface area contributed by atoms with E-state index in [2.05, 4.69) is 0 Å². The molecular formula is C16H21BO6. The average molecular weight is 320 g/mol. The Morgan fingerprint density at radius 2 is 2.22 bits per heavy atom. The molecule has 0 spiro atoms. The zero-order valence-electron chi connectivity index (χ0n) is 13.4. The highest BCUT2D eigenvalue weighted by molar-refractivity contribution is 6.61. The Bertz CT molecular complexity index is 574. The first-order valence-corrected chi connectivity index (χ1v) is 7.72. The smallest absolute Gasteiger partial charge is 0.434 e. The number of carbonyl (C=O) groups excluding carboxylic acids is 2. The molecule has 0 aliphatic carbocycles. The summed E-state index contributed by atoms with van der Waals surface area (Å²) in [4.78, 5) is 22.6. The first-order chi connectivity index (χ1) is 11.0. The normalized spacial score (nSPS) is 14.3. The number of hydrogen-bond acceptors (Lipinski definition) is 6. The fourth-order valence-electron chi connectivity index (χ4n) is 2.38. The number of Topliss-reactive ketones (excluding diaryl/α,β-unsaturated/α-hetero) is 1. The van der Waals surface area contributed by atoms with Gasteiger partial charge in [-0.05, 0) is 48.8 Å². The molecule has 0 amide bonds. The minimum absolute atomic E-state index is 0.164. The van der Waals surface area contributed by atoms with Gasteiger partial charge in [0.2, 0.25) is 0 Å². The van der Waals surface area contributed by atoms with Crippen LogP contribution in [0.4, 0.5) is 4.79 Å². The molecule has 0 radical (unpaired) electrons. The fourth-order valence-corrected chi connectivity index (χ4v) is 2.38. The van der Waals surface area contributed by atoms with Gasteiger partial charge in [-0.1, -0.05) is 13.0 Å². The number of fused-ring (bicyclic) bond motifs is 1. The van der Waals surface area contributed by atoms with Crippen molar-refractivity contribution in [2.45, 2.75) is 39.7 Å². The first kappa shape index (κ1) is 17.5. The Hall–Kier alpha value is -1.86. The van der Waals surface area contributed by atoms with E-state index in [1.807, 2.05) is 6.92 Å². The Balaban J connectivity index is 1.75. The molecule has 1 heterocycles. The molecule has 124 valence electrons. The van der Waals surface area contributed by atoms with Crippen molar-refractivity contribution in [3.63, 3.8) is 0 Å². The molecule has 0 saturated carbocycles. The van der Waals surface area contributed by atoms with Gasteiger partial charge in [0.15, 0.2) is 0 Å². The van der Waals surface area contributed by atoms with E-state index in [1.54, 1.807) is 25.1 Å². The van der Waals surface area contributed by atoms with E-state index in [4.69, 9.17) is 14.1 Å². The lowest BCUT2D eigenvalue weighted by Gasteiger charge is -2.12. The molecule has 6 nitrogen and oxygen atoms in total. The minimum atomic E-state index is -0.981. The third kappa shape index (κ3) is 5.37. The second-order valence-corrected chi connectivity index (χ2v) is 5.89. The largest absolute Gasteiger partial charge is 0.513 e. The van der Waals surface area contributed by atoms with Crippen molar-refractivity contribution in [2.24, 2.45) is 5.92 Å². The van der Waals surface area contributed by atoms with Crippen LogP contribution in [0.5, 0.6) is 5.75 Å². The first-order valence-electron chi connectivity index (χ1n) is 7.72. The van der Waals surface area contributed by atoms with Gasteiger partial charge < -0.3 is 23.9 Å². The van der Waals surface area contributed by atoms with E-state index in [9.17, 15) is 14.6 Å². The second-order valence-electron chi connectivity index (χ2n) is 5.89. The maximum absolute atomic E-state index is 11.7. The van der Waals surface area contributed by atoms with Crippen LogP contribution in [0.15, 0.2) is 18.2 Å². The molecular weight excluding hydrogens is 299 g/mol. The quantitative estimate of drug-likeness (QED) is 0.469. The molecule has 0 saturated heterocycles. The van der Waals surface area contributed by atoms with Crippen molar-refractivity contribution in [3.05, 3.63) is 23.8 Å². The summed E-state index contributed by atoms with van der Waals surface area (Å²) in [7, 11) is -0.981. The second kappa shape index (κ2) is 8.13. The summed E-state index contributed by atoms with van der Waals surface area (Å²) < 4.78 is 15.2. The van der Waals surface area contributed by atoms with E-state index < -0.39 is 13.3 Å². The third-order valence-electron chi connectivity index (χ3n) is 3.69. The molecule has 1 aromatic carbocycles. The highest BCUT2D eigenvalue weighted by Crippen LogP contribution is 2.17. The van der Waals surface area contributed by atoms with Gasteiger partial charge in [-0.25, -0.2) is 4.79 Å². The van der Waals surface area contributed by atoms with Gasteiger partial charge in [0.05, 0.1) is 13.2 Å². The summed E-state index contributed by atoms with van der Waals surface area (Å²) in [5.74, 6) is 0.639. The van der Waals surface area contributed by atoms with Crippen LogP contribution in [0.1, 0.15) is 38.7 Å². The van der Waals surface area contributed by atoms with E-state index in [0.717, 1.165) is 18.4 Å². The van der Waals surface area contributed by atoms with Gasteiger partial charge in [-0.15, -0.1) is 0 Å². The number of carbonyl (C=O) groups is 2. The highest BCUT2D eigenvalue weighted by atomic mass is 16.7. The predicted molar refractivity (Wildman–Crippen MR) is 84.5 cm³/mol. The zero-order valence-corrected chi connectivity index (χ0v) is 13.4. The molecule has 1 atom stereocenters. The van der Waals surface area contributed by atoms with Crippen LogP contribution in [-0.4, -0.2) is 30.7 Å². The van der Waals surface area contributed by atoms with Gasteiger partial charge in [0.25, 0.3) is 0 Å². The monoisotopic (exact) mass is 320 g/mol. The van der Waals surface area contributed by atoms with Crippen LogP contribution in [0.3, 0.4) is 0 Å². The van der Waals surface area contributed by atoms with Crippen LogP contribution in [0.25, 0.3) is 0 Å². The minimum Gasteiger partial charge on any atom is -0.434 e. The Labute approximate surface area is 135 Å². The summed E-state index contributed by atoms with van der Waals surface area (Å²) in [5, 5.41) is 9.62. The zero-order chi connectivity index (χ0) is 16.8. The van der Waals surface area contributed by atoms with Crippen LogP contribution in [0.2, 0.25) is 0 Å². The molecule has 2 rings (SSSR count). The predicted octanol–water partition coefficient (Wildman–Crippen LogP) is 1.82. The Morgan fingerprint density at radius 1 is 1.43 bits per heavy atom. The molecule has 0 bridgehead atoms. The van der Waals surface area contributed by atoms with Crippen molar-refractivity contribution in [3.8, 4) is 5.75 Å². The van der Waals surface area contributed by atoms with E-state index in [-0.39, 0.29) is 18.3 Å². The van der Waals surface area contributed by atoms with Gasteiger partial charge in [0, 0.05) is 6.42 Å². The molecule has 7 heteroatoms. The standard InChI is InChI=1S/C16H21BO6/c1-11(4-3-5-12(2)18)9-21-16(19)23-14-7-6-13-10-22-17(20)15(13)8-14/h6-8,11,20H,3-5,9-10H2,1-2H3. The van der Waals surface area contributed by atoms with Crippen LogP contribution in [0, 0.1) is 5.92 Å². The Kier molecular flexibility index (Phi) is 6.18. The summed E-state index contributed by atoms with van der Waals surface area (Å²) in [5.41, 5.74) is 1.48. The molecule has 1 aliphatic rings. The highest BCUT2D eigenvalue weighted by Gasteiger charge is 2.27. The van der Waals surface area contributed by atoms with E-state index >= 15 is 0 Å². The maximum Gasteiger partial charge on any atom is 0.513 e. The molecule has 23 heavy (non-hydrogen) atoms.